The van der Waals surface area contributed by atoms with Crippen LogP contribution >= 0.6 is 0 Å². The van der Waals surface area contributed by atoms with E-state index in [-0.39, 0.29) is 12.2 Å². The van der Waals surface area contributed by atoms with Crippen molar-refractivity contribution in [3.63, 3.8) is 0 Å². The molecule has 1 aromatic rings. The van der Waals surface area contributed by atoms with E-state index < -0.39 is 17.5 Å². The minimum Gasteiger partial charge on any atom is -0.462 e. The van der Waals surface area contributed by atoms with E-state index in [1.165, 1.54) is 0 Å². The van der Waals surface area contributed by atoms with Crippen LogP contribution in [-0.2, 0) is 9.53 Å². The van der Waals surface area contributed by atoms with Gasteiger partial charge in [-0.25, -0.2) is 4.79 Å². The summed E-state index contributed by atoms with van der Waals surface area (Å²) < 4.78 is 5.06. The SMILES string of the molecule is C=C(C(=O)OCC)C1=CC(c2cccc(C)c2)=CC(C)(CCN)C1O. The van der Waals surface area contributed by atoms with Gasteiger partial charge in [0.25, 0.3) is 0 Å². The van der Waals surface area contributed by atoms with Gasteiger partial charge in [-0.1, -0.05) is 49.4 Å². The van der Waals surface area contributed by atoms with Gasteiger partial charge >= 0.3 is 5.97 Å². The zero-order chi connectivity index (χ0) is 18.6. The summed E-state index contributed by atoms with van der Waals surface area (Å²) >= 11 is 0. The molecule has 1 aliphatic carbocycles. The largest absolute Gasteiger partial charge is 0.462 e. The Morgan fingerprint density at radius 2 is 2.16 bits per heavy atom. The second kappa shape index (κ2) is 7.81. The van der Waals surface area contributed by atoms with Gasteiger partial charge in [0.15, 0.2) is 0 Å². The average Bonchev–Trinajstić information content (AvgIpc) is 2.57. The van der Waals surface area contributed by atoms with Crippen LogP contribution in [0.4, 0.5) is 0 Å². The number of benzene rings is 1. The molecule has 134 valence electrons. The van der Waals surface area contributed by atoms with Crippen LogP contribution in [0.2, 0.25) is 0 Å². The van der Waals surface area contributed by atoms with Crippen molar-refractivity contribution in [1.29, 1.82) is 0 Å². The number of hydrogen-bond acceptors (Lipinski definition) is 4. The Balaban J connectivity index is 2.52. The van der Waals surface area contributed by atoms with Crippen LogP contribution in [0, 0.1) is 12.3 Å². The topological polar surface area (TPSA) is 72.5 Å². The van der Waals surface area contributed by atoms with Crippen molar-refractivity contribution in [1.82, 2.24) is 0 Å². The number of rotatable bonds is 6. The number of nitrogens with two attached hydrogens (primary N) is 1. The lowest BCUT2D eigenvalue weighted by molar-refractivity contribution is -0.138. The van der Waals surface area contributed by atoms with Gasteiger partial charge in [0, 0.05) is 5.41 Å². The predicted octanol–water partition coefficient (Wildman–Crippen LogP) is 3.15. The lowest BCUT2D eigenvalue weighted by Gasteiger charge is -2.37. The molecule has 0 saturated carbocycles. The lowest BCUT2D eigenvalue weighted by atomic mass is 9.70. The molecule has 1 aliphatic rings. The van der Waals surface area contributed by atoms with Gasteiger partial charge in [-0.15, -0.1) is 0 Å². The molecule has 0 spiro atoms. The standard InChI is InChI=1S/C21H27NO3/c1-5-25-20(24)15(3)18-12-17(16-8-6-7-14(2)11-16)13-21(4,9-10-22)19(18)23/h6-8,11-13,19,23H,3,5,9-10,22H2,1-2,4H3. The van der Waals surface area contributed by atoms with E-state index in [2.05, 4.69) is 12.6 Å². The van der Waals surface area contributed by atoms with Gasteiger partial charge in [-0.3, -0.25) is 0 Å². The van der Waals surface area contributed by atoms with E-state index in [1.54, 1.807) is 6.92 Å². The number of aliphatic hydroxyl groups is 1. The highest BCUT2D eigenvalue weighted by Crippen LogP contribution is 2.42. The molecule has 0 radical (unpaired) electrons. The molecule has 1 aromatic carbocycles. The Labute approximate surface area is 149 Å². The first-order valence-electron chi connectivity index (χ1n) is 8.58. The number of hydrogen-bond donors (Lipinski definition) is 2. The number of aryl methyl sites for hydroxylation is 1. The van der Waals surface area contributed by atoms with Gasteiger partial charge in [0.2, 0.25) is 0 Å². The zero-order valence-corrected chi connectivity index (χ0v) is 15.2. The number of carbonyl (C=O) groups excluding carboxylic acids is 1. The molecule has 0 aromatic heterocycles. The predicted molar refractivity (Wildman–Crippen MR) is 101 cm³/mol. The summed E-state index contributed by atoms with van der Waals surface area (Å²) in [6.45, 7) is 10.3. The van der Waals surface area contributed by atoms with Crippen molar-refractivity contribution >= 4 is 11.5 Å². The van der Waals surface area contributed by atoms with Crippen molar-refractivity contribution in [3.8, 4) is 0 Å². The first-order valence-corrected chi connectivity index (χ1v) is 8.58. The highest BCUT2D eigenvalue weighted by atomic mass is 16.5. The maximum absolute atomic E-state index is 12.1. The Morgan fingerprint density at radius 1 is 1.44 bits per heavy atom. The minimum atomic E-state index is -0.860. The molecule has 0 fully saturated rings. The van der Waals surface area contributed by atoms with E-state index in [9.17, 15) is 9.90 Å². The molecule has 0 aliphatic heterocycles. The number of carbonyl (C=O) groups is 1. The monoisotopic (exact) mass is 341 g/mol. The molecule has 2 rings (SSSR count). The van der Waals surface area contributed by atoms with Crippen molar-refractivity contribution < 1.29 is 14.6 Å². The van der Waals surface area contributed by atoms with Crippen LogP contribution in [0.3, 0.4) is 0 Å². The summed E-state index contributed by atoms with van der Waals surface area (Å²) in [4.78, 5) is 12.1. The molecule has 0 saturated heterocycles. The fourth-order valence-electron chi connectivity index (χ4n) is 3.18. The third-order valence-electron chi connectivity index (χ3n) is 4.62. The summed E-state index contributed by atoms with van der Waals surface area (Å²) in [5.41, 5.74) is 9.00. The van der Waals surface area contributed by atoms with Crippen LogP contribution in [0.15, 0.2) is 54.1 Å². The lowest BCUT2D eigenvalue weighted by Crippen LogP contribution is -2.37. The van der Waals surface area contributed by atoms with E-state index in [4.69, 9.17) is 10.5 Å². The zero-order valence-electron chi connectivity index (χ0n) is 15.2. The van der Waals surface area contributed by atoms with Crippen LogP contribution in [0.25, 0.3) is 5.57 Å². The molecule has 0 bridgehead atoms. The molecule has 2 unspecified atom stereocenters. The molecule has 0 heterocycles. The Morgan fingerprint density at radius 3 is 2.76 bits per heavy atom. The summed E-state index contributed by atoms with van der Waals surface area (Å²) in [6.07, 6.45) is 3.61. The molecule has 3 N–H and O–H groups in total. The van der Waals surface area contributed by atoms with Gasteiger partial charge in [-0.2, -0.15) is 0 Å². The van der Waals surface area contributed by atoms with Crippen molar-refractivity contribution in [2.45, 2.75) is 33.3 Å². The first-order chi connectivity index (χ1) is 11.8. The molecular weight excluding hydrogens is 314 g/mol. The molecule has 4 heteroatoms. The Kier molecular flexibility index (Phi) is 5.98. The molecule has 0 amide bonds. The highest BCUT2D eigenvalue weighted by molar-refractivity contribution is 5.95. The van der Waals surface area contributed by atoms with Crippen molar-refractivity contribution in [2.24, 2.45) is 11.1 Å². The second-order valence-corrected chi connectivity index (χ2v) is 6.71. The summed E-state index contributed by atoms with van der Waals surface area (Å²) in [5, 5.41) is 10.9. The van der Waals surface area contributed by atoms with Crippen molar-refractivity contribution in [2.75, 3.05) is 13.2 Å². The van der Waals surface area contributed by atoms with Crippen LogP contribution in [0.5, 0.6) is 0 Å². The molecular formula is C21H27NO3. The fourth-order valence-corrected chi connectivity index (χ4v) is 3.18. The maximum Gasteiger partial charge on any atom is 0.337 e. The number of ether oxygens (including phenoxy) is 1. The van der Waals surface area contributed by atoms with Gasteiger partial charge in [0.1, 0.15) is 0 Å². The maximum atomic E-state index is 12.1. The van der Waals surface area contributed by atoms with E-state index in [0.717, 1.165) is 16.7 Å². The molecule has 2 atom stereocenters. The molecule has 25 heavy (non-hydrogen) atoms. The summed E-state index contributed by atoms with van der Waals surface area (Å²) in [5.74, 6) is -0.506. The minimum absolute atomic E-state index is 0.191. The molecule has 4 nitrogen and oxygen atoms in total. The highest BCUT2D eigenvalue weighted by Gasteiger charge is 2.38. The number of aliphatic hydroxyl groups excluding tert-OH is 1. The summed E-state index contributed by atoms with van der Waals surface area (Å²) in [6, 6.07) is 8.11. The first kappa shape index (κ1) is 19.2. The third-order valence-corrected chi connectivity index (χ3v) is 4.62. The Hall–Kier alpha value is -2.17. The average molecular weight is 341 g/mol. The van der Waals surface area contributed by atoms with Gasteiger partial charge in [0.05, 0.1) is 18.3 Å². The third kappa shape index (κ3) is 4.09. The Bertz CT molecular complexity index is 732. The van der Waals surface area contributed by atoms with Crippen LogP contribution < -0.4 is 5.73 Å². The van der Waals surface area contributed by atoms with E-state index in [0.29, 0.717) is 18.5 Å². The fraction of sp³-hybridized carbons (Fsp3) is 0.381. The van der Waals surface area contributed by atoms with Crippen LogP contribution in [-0.4, -0.2) is 30.3 Å². The smallest absolute Gasteiger partial charge is 0.337 e. The van der Waals surface area contributed by atoms with Gasteiger partial charge < -0.3 is 15.6 Å². The quantitative estimate of drug-likeness (QED) is 0.616. The normalized spacial score (nSPS) is 22.8. The summed E-state index contributed by atoms with van der Waals surface area (Å²) in [7, 11) is 0. The number of esters is 1. The number of allylic oxidation sites excluding steroid dienone is 2. The van der Waals surface area contributed by atoms with E-state index in [1.807, 2.05) is 44.2 Å². The van der Waals surface area contributed by atoms with Crippen molar-refractivity contribution in [3.05, 3.63) is 65.3 Å². The van der Waals surface area contributed by atoms with Crippen LogP contribution in [0.1, 0.15) is 31.4 Å². The van der Waals surface area contributed by atoms with E-state index >= 15 is 0 Å². The van der Waals surface area contributed by atoms with Gasteiger partial charge in [-0.05, 0) is 49.6 Å². The second-order valence-electron chi connectivity index (χ2n) is 6.71.